The first-order chi connectivity index (χ1) is 10.1. The molecule has 126 valence electrons. The first-order valence-electron chi connectivity index (χ1n) is 9.14. The van der Waals surface area contributed by atoms with Crippen LogP contribution >= 0.6 is 0 Å². The summed E-state index contributed by atoms with van der Waals surface area (Å²) in [6, 6.07) is 0.577. The van der Waals surface area contributed by atoms with E-state index in [1.54, 1.807) is 0 Å². The van der Waals surface area contributed by atoms with Gasteiger partial charge in [-0.25, -0.2) is 0 Å². The molecule has 21 heavy (non-hydrogen) atoms. The summed E-state index contributed by atoms with van der Waals surface area (Å²) in [5.74, 6) is 1.53. The third-order valence-electron chi connectivity index (χ3n) is 5.03. The molecule has 1 aliphatic carbocycles. The highest BCUT2D eigenvalue weighted by atomic mass is 16.5. The number of rotatable bonds is 12. The van der Waals surface area contributed by atoms with Crippen molar-refractivity contribution in [1.82, 2.24) is 5.32 Å². The van der Waals surface area contributed by atoms with Crippen molar-refractivity contribution in [2.75, 3.05) is 19.8 Å². The average molecular weight is 299 g/mol. The zero-order chi connectivity index (χ0) is 15.5. The highest BCUT2D eigenvalue weighted by molar-refractivity contribution is 4.85. The third kappa shape index (κ3) is 8.18. The zero-order valence-corrected chi connectivity index (χ0v) is 14.4. The fraction of sp³-hybridized carbons (Fsp3) is 1.00. The predicted molar refractivity (Wildman–Crippen MR) is 89.6 cm³/mol. The smallest absolute Gasteiger partial charge is 0.0897 e. The summed E-state index contributed by atoms with van der Waals surface area (Å²) in [5.41, 5.74) is 0. The van der Waals surface area contributed by atoms with Crippen molar-refractivity contribution in [3.05, 3.63) is 0 Å². The van der Waals surface area contributed by atoms with Crippen LogP contribution in [0.5, 0.6) is 0 Å². The minimum absolute atomic E-state index is 0.367. The Bertz CT molecular complexity index is 247. The van der Waals surface area contributed by atoms with Gasteiger partial charge in [0, 0.05) is 19.2 Å². The Morgan fingerprint density at radius 1 is 1.10 bits per heavy atom. The fourth-order valence-corrected chi connectivity index (χ4v) is 3.20. The van der Waals surface area contributed by atoms with Crippen molar-refractivity contribution >= 4 is 0 Å². The largest absolute Gasteiger partial charge is 0.389 e. The maximum atomic E-state index is 9.95. The van der Waals surface area contributed by atoms with Crippen LogP contribution in [0.1, 0.15) is 72.1 Å². The number of unbranched alkanes of at least 4 members (excludes halogenated alkanes) is 5. The number of hydrogen-bond acceptors (Lipinski definition) is 3. The molecule has 1 aliphatic rings. The van der Waals surface area contributed by atoms with Gasteiger partial charge in [0.25, 0.3) is 0 Å². The first-order valence-corrected chi connectivity index (χ1v) is 9.14. The molecular weight excluding hydrogens is 262 g/mol. The van der Waals surface area contributed by atoms with Crippen LogP contribution in [0, 0.1) is 11.8 Å². The van der Waals surface area contributed by atoms with Crippen LogP contribution in [0.25, 0.3) is 0 Å². The molecule has 0 aromatic heterocycles. The first kappa shape index (κ1) is 18.9. The second-order valence-electron chi connectivity index (χ2n) is 6.92. The van der Waals surface area contributed by atoms with Gasteiger partial charge in [-0.3, -0.25) is 0 Å². The van der Waals surface area contributed by atoms with E-state index in [9.17, 15) is 5.11 Å². The van der Waals surface area contributed by atoms with Gasteiger partial charge in [-0.15, -0.1) is 0 Å². The number of hydrogen-bond donors (Lipinski definition) is 2. The van der Waals surface area contributed by atoms with Crippen LogP contribution in [-0.2, 0) is 4.74 Å². The topological polar surface area (TPSA) is 41.5 Å². The molecule has 0 saturated heterocycles. The predicted octanol–water partition coefficient (Wildman–Crippen LogP) is 3.75. The minimum atomic E-state index is -0.367. The van der Waals surface area contributed by atoms with Crippen LogP contribution < -0.4 is 5.32 Å². The molecule has 0 aromatic rings. The van der Waals surface area contributed by atoms with Crippen LogP contribution in [0.4, 0.5) is 0 Å². The van der Waals surface area contributed by atoms with E-state index >= 15 is 0 Å². The standard InChI is InChI=1S/C18H37NO2/c1-4-5-6-7-8-9-12-21-14-17(20)13-19-18-11-10-15(2)16(18)3/h15-20H,4-14H2,1-3H3. The molecule has 0 heterocycles. The zero-order valence-electron chi connectivity index (χ0n) is 14.4. The third-order valence-corrected chi connectivity index (χ3v) is 5.03. The van der Waals surface area contributed by atoms with Crippen molar-refractivity contribution in [3.63, 3.8) is 0 Å². The number of ether oxygens (including phenoxy) is 1. The van der Waals surface area contributed by atoms with Crippen molar-refractivity contribution in [2.24, 2.45) is 11.8 Å². The van der Waals surface area contributed by atoms with Gasteiger partial charge in [0.05, 0.1) is 12.7 Å². The van der Waals surface area contributed by atoms with Crippen LogP contribution in [0.3, 0.4) is 0 Å². The molecule has 0 spiro atoms. The van der Waals surface area contributed by atoms with Gasteiger partial charge in [0.1, 0.15) is 0 Å². The van der Waals surface area contributed by atoms with Crippen molar-refractivity contribution < 1.29 is 9.84 Å². The highest BCUT2D eigenvalue weighted by Crippen LogP contribution is 2.30. The maximum absolute atomic E-state index is 9.95. The van der Waals surface area contributed by atoms with Crippen molar-refractivity contribution in [2.45, 2.75) is 84.3 Å². The lowest BCUT2D eigenvalue weighted by molar-refractivity contribution is 0.0334. The van der Waals surface area contributed by atoms with E-state index in [-0.39, 0.29) is 6.10 Å². The van der Waals surface area contributed by atoms with E-state index in [0.717, 1.165) is 24.9 Å². The van der Waals surface area contributed by atoms with E-state index in [4.69, 9.17) is 4.74 Å². The molecule has 2 N–H and O–H groups in total. The summed E-state index contributed by atoms with van der Waals surface area (Å²) in [6.07, 6.45) is 9.88. The lowest BCUT2D eigenvalue weighted by atomic mass is 9.98. The second-order valence-corrected chi connectivity index (χ2v) is 6.92. The fourth-order valence-electron chi connectivity index (χ4n) is 3.20. The Hall–Kier alpha value is -0.120. The lowest BCUT2D eigenvalue weighted by Gasteiger charge is -2.21. The summed E-state index contributed by atoms with van der Waals surface area (Å²) < 4.78 is 5.58. The van der Waals surface area contributed by atoms with Gasteiger partial charge in [0.15, 0.2) is 0 Å². The molecule has 0 aromatic carbocycles. The van der Waals surface area contributed by atoms with Gasteiger partial charge in [-0.1, -0.05) is 52.9 Å². The van der Waals surface area contributed by atoms with Gasteiger partial charge < -0.3 is 15.2 Å². The maximum Gasteiger partial charge on any atom is 0.0897 e. The van der Waals surface area contributed by atoms with Gasteiger partial charge in [0.2, 0.25) is 0 Å². The average Bonchev–Trinajstić information content (AvgIpc) is 2.79. The molecule has 0 bridgehead atoms. The monoisotopic (exact) mass is 299 g/mol. The Kier molecular flexibility index (Phi) is 10.3. The summed E-state index contributed by atoms with van der Waals surface area (Å²) in [5, 5.41) is 13.5. The van der Waals surface area contributed by atoms with E-state index in [2.05, 4.69) is 26.1 Å². The number of aliphatic hydroxyl groups excluding tert-OH is 1. The van der Waals surface area contributed by atoms with Gasteiger partial charge in [-0.05, 0) is 31.1 Å². The van der Waals surface area contributed by atoms with Crippen LogP contribution in [0.15, 0.2) is 0 Å². The molecule has 1 saturated carbocycles. The molecule has 0 amide bonds. The van der Waals surface area contributed by atoms with E-state index in [1.807, 2.05) is 0 Å². The molecule has 3 nitrogen and oxygen atoms in total. The molecule has 1 fully saturated rings. The summed E-state index contributed by atoms with van der Waals surface area (Å²) in [6.45, 7) is 8.81. The second kappa shape index (κ2) is 11.4. The lowest BCUT2D eigenvalue weighted by Crippen LogP contribution is -2.39. The number of aliphatic hydroxyl groups is 1. The molecule has 3 heteroatoms. The normalized spacial score (nSPS) is 27.1. The Balaban J connectivity index is 1.91. The van der Waals surface area contributed by atoms with Crippen LogP contribution in [-0.4, -0.2) is 37.0 Å². The van der Waals surface area contributed by atoms with Gasteiger partial charge in [-0.2, -0.15) is 0 Å². The number of nitrogens with one attached hydrogen (secondary N) is 1. The minimum Gasteiger partial charge on any atom is -0.389 e. The summed E-state index contributed by atoms with van der Waals surface area (Å²) in [7, 11) is 0. The highest BCUT2D eigenvalue weighted by Gasteiger charge is 2.29. The summed E-state index contributed by atoms with van der Waals surface area (Å²) in [4.78, 5) is 0. The Morgan fingerprint density at radius 2 is 1.81 bits per heavy atom. The van der Waals surface area contributed by atoms with Gasteiger partial charge >= 0.3 is 0 Å². The molecule has 0 aliphatic heterocycles. The molecule has 0 radical (unpaired) electrons. The Labute approximate surface area is 131 Å². The Morgan fingerprint density at radius 3 is 2.48 bits per heavy atom. The quantitative estimate of drug-likeness (QED) is 0.539. The summed E-state index contributed by atoms with van der Waals surface area (Å²) >= 11 is 0. The van der Waals surface area contributed by atoms with E-state index < -0.39 is 0 Å². The molecule has 1 rings (SSSR count). The molecule has 4 unspecified atom stereocenters. The van der Waals surface area contributed by atoms with Crippen molar-refractivity contribution in [3.8, 4) is 0 Å². The molecular formula is C18H37NO2. The van der Waals surface area contributed by atoms with Crippen LogP contribution in [0.2, 0.25) is 0 Å². The SMILES string of the molecule is CCCCCCCCOCC(O)CNC1CCC(C)C1C. The van der Waals surface area contributed by atoms with Crippen molar-refractivity contribution in [1.29, 1.82) is 0 Å². The van der Waals surface area contributed by atoms with E-state index in [0.29, 0.717) is 19.2 Å². The van der Waals surface area contributed by atoms with E-state index in [1.165, 1.54) is 44.9 Å². The molecule has 4 atom stereocenters.